The van der Waals surface area contributed by atoms with Crippen LogP contribution in [0.3, 0.4) is 0 Å². The number of aryl methyl sites for hydroxylation is 1. The quantitative estimate of drug-likeness (QED) is 0.608. The molecule has 0 atom stereocenters. The van der Waals surface area contributed by atoms with E-state index in [0.717, 1.165) is 11.1 Å². The van der Waals surface area contributed by atoms with Gasteiger partial charge in [-0.15, -0.1) is 0 Å². The Morgan fingerprint density at radius 2 is 1.77 bits per heavy atom. The second-order valence-corrected chi connectivity index (χ2v) is 6.75. The number of hydrogen-bond donors (Lipinski definition) is 0. The van der Waals surface area contributed by atoms with Crippen LogP contribution in [0.5, 0.6) is 0 Å². The maximum Gasteiger partial charge on any atom is 0.355 e. The van der Waals surface area contributed by atoms with E-state index in [9.17, 15) is 9.59 Å². The topological polar surface area (TPSA) is 91.1 Å². The molecule has 8 heteroatoms. The van der Waals surface area contributed by atoms with E-state index >= 15 is 0 Å². The van der Waals surface area contributed by atoms with Crippen molar-refractivity contribution in [2.45, 2.75) is 6.92 Å². The van der Waals surface area contributed by atoms with Gasteiger partial charge in [-0.25, -0.2) is 14.6 Å². The van der Waals surface area contributed by atoms with Crippen LogP contribution in [0.2, 0.25) is 0 Å². The van der Waals surface area contributed by atoms with E-state index < -0.39 is 11.9 Å². The van der Waals surface area contributed by atoms with Gasteiger partial charge in [-0.05, 0) is 37.3 Å². The van der Waals surface area contributed by atoms with Crippen LogP contribution >= 0.6 is 0 Å². The van der Waals surface area contributed by atoms with Gasteiger partial charge in [0.15, 0.2) is 5.58 Å². The highest BCUT2D eigenvalue weighted by Gasteiger charge is 2.32. The molecule has 2 heterocycles. The standard InChI is InChI=1S/C22H20N2O6/c1-13-4-6-14(7-5-13)20-23-17-10-15(8-9-18(17)30-20)24-12-29-11-16(21(25)27-2)19(24)22(26)28-3/h4-10H,11-12H2,1-3H3. The number of esters is 2. The van der Waals surface area contributed by atoms with Crippen molar-refractivity contribution in [3.05, 3.63) is 59.3 Å². The molecule has 0 saturated heterocycles. The molecule has 0 unspecified atom stereocenters. The highest BCUT2D eigenvalue weighted by atomic mass is 16.5. The lowest BCUT2D eigenvalue weighted by Gasteiger charge is -2.31. The number of methoxy groups -OCH3 is 2. The molecule has 1 aliphatic rings. The molecule has 154 valence electrons. The minimum absolute atomic E-state index is 0.0443. The molecule has 1 aliphatic heterocycles. The average Bonchev–Trinajstić information content (AvgIpc) is 3.21. The monoisotopic (exact) mass is 408 g/mol. The van der Waals surface area contributed by atoms with E-state index in [0.29, 0.717) is 22.7 Å². The fraction of sp³-hybridized carbons (Fsp3) is 0.227. The van der Waals surface area contributed by atoms with Gasteiger partial charge in [-0.1, -0.05) is 17.7 Å². The lowest BCUT2D eigenvalue weighted by molar-refractivity contribution is -0.140. The minimum Gasteiger partial charge on any atom is -0.466 e. The Kier molecular flexibility index (Phi) is 5.24. The second kappa shape index (κ2) is 8.00. The number of hydrogen-bond acceptors (Lipinski definition) is 8. The summed E-state index contributed by atoms with van der Waals surface area (Å²) in [5.41, 5.74) is 4.00. The molecular weight excluding hydrogens is 388 g/mol. The van der Waals surface area contributed by atoms with Crippen molar-refractivity contribution < 1.29 is 28.2 Å². The summed E-state index contributed by atoms with van der Waals surface area (Å²) in [5.74, 6) is -0.806. The first-order valence-corrected chi connectivity index (χ1v) is 9.24. The molecule has 4 rings (SSSR count). The first-order valence-electron chi connectivity index (χ1n) is 9.24. The summed E-state index contributed by atoms with van der Waals surface area (Å²) in [4.78, 5) is 30.7. The summed E-state index contributed by atoms with van der Waals surface area (Å²) in [5, 5.41) is 0. The van der Waals surface area contributed by atoms with Crippen LogP contribution in [0.25, 0.3) is 22.6 Å². The third-order valence-electron chi connectivity index (χ3n) is 4.81. The van der Waals surface area contributed by atoms with Gasteiger partial charge >= 0.3 is 11.9 Å². The molecule has 0 amide bonds. The van der Waals surface area contributed by atoms with Crippen molar-refractivity contribution in [1.82, 2.24) is 4.98 Å². The summed E-state index contributed by atoms with van der Waals surface area (Å²) in [6.07, 6.45) is 0. The van der Waals surface area contributed by atoms with Crippen LogP contribution in [0.1, 0.15) is 5.56 Å². The van der Waals surface area contributed by atoms with E-state index in [1.54, 1.807) is 23.1 Å². The van der Waals surface area contributed by atoms with Gasteiger partial charge in [0.2, 0.25) is 5.89 Å². The van der Waals surface area contributed by atoms with Gasteiger partial charge in [0.1, 0.15) is 17.9 Å². The smallest absolute Gasteiger partial charge is 0.355 e. The van der Waals surface area contributed by atoms with E-state index in [-0.39, 0.29) is 24.6 Å². The first kappa shape index (κ1) is 19.7. The molecule has 0 spiro atoms. The molecule has 0 bridgehead atoms. The normalized spacial score (nSPS) is 14.2. The number of rotatable bonds is 4. The van der Waals surface area contributed by atoms with Crippen LogP contribution in [-0.2, 0) is 23.8 Å². The molecule has 0 N–H and O–H groups in total. The van der Waals surface area contributed by atoms with Gasteiger partial charge in [-0.3, -0.25) is 0 Å². The van der Waals surface area contributed by atoms with Crippen molar-refractivity contribution in [2.24, 2.45) is 0 Å². The SMILES string of the molecule is COC(=O)C1=C(C(=O)OC)N(c2ccc3oc(-c4ccc(C)cc4)nc3c2)COC1. The number of benzene rings is 2. The Balaban J connectivity index is 1.76. The second-order valence-electron chi connectivity index (χ2n) is 6.75. The summed E-state index contributed by atoms with van der Waals surface area (Å²) in [6.45, 7) is 2.04. The van der Waals surface area contributed by atoms with Crippen molar-refractivity contribution in [3.8, 4) is 11.5 Å². The average molecular weight is 408 g/mol. The number of nitrogens with zero attached hydrogens (tertiary/aromatic N) is 2. The molecule has 3 aromatic rings. The Bertz CT molecular complexity index is 1150. The third-order valence-corrected chi connectivity index (χ3v) is 4.81. The Morgan fingerprint density at radius 1 is 1.03 bits per heavy atom. The predicted octanol–water partition coefficient (Wildman–Crippen LogP) is 3.20. The number of oxazole rings is 1. The van der Waals surface area contributed by atoms with E-state index in [4.69, 9.17) is 18.6 Å². The van der Waals surface area contributed by atoms with Crippen LogP contribution in [-0.4, -0.2) is 44.5 Å². The first-order chi connectivity index (χ1) is 14.5. The maximum absolute atomic E-state index is 12.4. The molecule has 2 aromatic carbocycles. The Hall–Kier alpha value is -3.65. The van der Waals surface area contributed by atoms with Gasteiger partial charge in [0.05, 0.1) is 26.4 Å². The largest absolute Gasteiger partial charge is 0.466 e. The van der Waals surface area contributed by atoms with Gasteiger partial charge in [-0.2, -0.15) is 0 Å². The number of ether oxygens (including phenoxy) is 3. The molecule has 0 radical (unpaired) electrons. The zero-order valence-electron chi connectivity index (χ0n) is 16.8. The molecule has 0 fully saturated rings. The van der Waals surface area contributed by atoms with Crippen LogP contribution in [0.15, 0.2) is 58.2 Å². The molecule has 0 saturated carbocycles. The zero-order valence-corrected chi connectivity index (χ0v) is 16.8. The van der Waals surface area contributed by atoms with Gasteiger partial charge in [0.25, 0.3) is 0 Å². The molecular formula is C22H20N2O6. The molecule has 1 aromatic heterocycles. The fourth-order valence-electron chi connectivity index (χ4n) is 3.25. The van der Waals surface area contributed by atoms with Gasteiger partial charge < -0.3 is 23.5 Å². The summed E-state index contributed by atoms with van der Waals surface area (Å²) in [6, 6.07) is 13.2. The summed E-state index contributed by atoms with van der Waals surface area (Å²) >= 11 is 0. The summed E-state index contributed by atoms with van der Waals surface area (Å²) in [7, 11) is 2.50. The zero-order chi connectivity index (χ0) is 21.3. The van der Waals surface area contributed by atoms with E-state index in [1.165, 1.54) is 14.2 Å². The maximum atomic E-state index is 12.4. The van der Waals surface area contributed by atoms with Crippen molar-refractivity contribution >= 4 is 28.7 Å². The van der Waals surface area contributed by atoms with Crippen LogP contribution < -0.4 is 4.90 Å². The number of carbonyl (C=O) groups is 2. The molecule has 0 aliphatic carbocycles. The molecule has 8 nitrogen and oxygen atoms in total. The Morgan fingerprint density at radius 3 is 2.47 bits per heavy atom. The van der Waals surface area contributed by atoms with Crippen LogP contribution in [0.4, 0.5) is 5.69 Å². The number of aromatic nitrogens is 1. The van der Waals surface area contributed by atoms with Crippen molar-refractivity contribution in [3.63, 3.8) is 0 Å². The highest BCUT2D eigenvalue weighted by Crippen LogP contribution is 2.31. The molecule has 30 heavy (non-hydrogen) atoms. The fourth-order valence-corrected chi connectivity index (χ4v) is 3.25. The predicted molar refractivity (Wildman–Crippen MR) is 109 cm³/mol. The Labute approximate surface area is 172 Å². The summed E-state index contributed by atoms with van der Waals surface area (Å²) < 4.78 is 21.1. The van der Waals surface area contributed by atoms with Crippen molar-refractivity contribution in [1.29, 1.82) is 0 Å². The third kappa shape index (κ3) is 3.53. The number of carbonyl (C=O) groups excluding carboxylic acids is 2. The van der Waals surface area contributed by atoms with E-state index in [1.807, 2.05) is 31.2 Å². The van der Waals surface area contributed by atoms with Gasteiger partial charge in [0, 0.05) is 11.3 Å². The highest BCUT2D eigenvalue weighted by molar-refractivity contribution is 6.03. The lowest BCUT2D eigenvalue weighted by Crippen LogP contribution is -2.38. The number of fused-ring (bicyclic) bond motifs is 1. The number of anilines is 1. The van der Waals surface area contributed by atoms with E-state index in [2.05, 4.69) is 4.98 Å². The van der Waals surface area contributed by atoms with Crippen LogP contribution in [0, 0.1) is 6.92 Å². The van der Waals surface area contributed by atoms with Crippen molar-refractivity contribution in [2.75, 3.05) is 32.5 Å². The minimum atomic E-state index is -0.653. The lowest BCUT2D eigenvalue weighted by atomic mass is 10.1.